The van der Waals surface area contributed by atoms with Gasteiger partial charge >= 0.3 is 12.1 Å². The highest BCUT2D eigenvalue weighted by molar-refractivity contribution is 5.93. The van der Waals surface area contributed by atoms with Crippen molar-refractivity contribution in [1.82, 2.24) is 10.6 Å². The molecule has 25 heavy (non-hydrogen) atoms. The third-order valence-electron chi connectivity index (χ3n) is 3.50. The predicted octanol–water partition coefficient (Wildman–Crippen LogP) is 1.15. The number of carbonyl (C=O) groups excluding carboxylic acids is 2. The summed E-state index contributed by atoms with van der Waals surface area (Å²) in [7, 11) is 1.54. The van der Waals surface area contributed by atoms with Crippen LogP contribution < -0.4 is 15.2 Å². The Kier molecular flexibility index (Phi) is 8.38. The van der Waals surface area contributed by atoms with Gasteiger partial charge in [-0.2, -0.15) is 4.57 Å². The lowest BCUT2D eigenvalue weighted by atomic mass is 9.94. The summed E-state index contributed by atoms with van der Waals surface area (Å²) in [4.78, 5) is 34.2. The zero-order valence-corrected chi connectivity index (χ0v) is 14.8. The summed E-state index contributed by atoms with van der Waals surface area (Å²) in [6, 6.07) is 3.33. The van der Waals surface area contributed by atoms with Crippen molar-refractivity contribution in [2.75, 3.05) is 13.6 Å². The Morgan fingerprint density at radius 1 is 1.32 bits per heavy atom. The normalized spacial score (nSPS) is 11.7. The Morgan fingerprint density at radius 3 is 2.64 bits per heavy atom. The fourth-order valence-electron chi connectivity index (χ4n) is 2.45. The highest BCUT2D eigenvalue weighted by atomic mass is 16.6. The number of carboxylic acid groups (broad SMARTS) is 1. The lowest BCUT2D eigenvalue weighted by Crippen LogP contribution is -2.40. The summed E-state index contributed by atoms with van der Waals surface area (Å²) >= 11 is 0. The number of amides is 2. The molecule has 0 aliphatic carbocycles. The predicted molar refractivity (Wildman–Crippen MR) is 89.7 cm³/mol. The van der Waals surface area contributed by atoms with E-state index in [9.17, 15) is 14.4 Å². The van der Waals surface area contributed by atoms with E-state index >= 15 is 0 Å². The largest absolute Gasteiger partial charge is 0.481 e. The zero-order chi connectivity index (χ0) is 18.8. The Morgan fingerprint density at radius 2 is 2.04 bits per heavy atom. The van der Waals surface area contributed by atoms with Crippen LogP contribution in [-0.2, 0) is 16.3 Å². The van der Waals surface area contributed by atoms with Crippen molar-refractivity contribution >= 4 is 18.0 Å². The Labute approximate surface area is 147 Å². The van der Waals surface area contributed by atoms with E-state index in [1.54, 1.807) is 29.1 Å². The van der Waals surface area contributed by atoms with E-state index < -0.39 is 12.1 Å². The molecule has 8 heteroatoms. The number of aromatic nitrogens is 1. The van der Waals surface area contributed by atoms with E-state index in [-0.39, 0.29) is 31.5 Å². The fraction of sp³-hybridized carbons (Fsp3) is 0.529. The van der Waals surface area contributed by atoms with Crippen molar-refractivity contribution < 1.29 is 28.8 Å². The van der Waals surface area contributed by atoms with Gasteiger partial charge in [0, 0.05) is 26.1 Å². The van der Waals surface area contributed by atoms with E-state index in [0.717, 1.165) is 0 Å². The average Bonchev–Trinajstić information content (AvgIpc) is 2.56. The number of carbonyl (C=O) groups is 3. The topological polar surface area (TPSA) is 109 Å². The van der Waals surface area contributed by atoms with Crippen molar-refractivity contribution in [1.29, 1.82) is 0 Å². The first-order valence-corrected chi connectivity index (χ1v) is 8.15. The number of nitrogens with zero attached hydrogens (tertiary/aromatic N) is 1. The summed E-state index contributed by atoms with van der Waals surface area (Å²) in [5.41, 5.74) is 0.451. The molecule has 0 saturated heterocycles. The molecule has 2 amide bonds. The number of alkyl carbamates (subject to hydrolysis) is 1. The molecule has 8 nitrogen and oxygen atoms in total. The molecule has 0 aliphatic rings. The van der Waals surface area contributed by atoms with E-state index in [1.807, 2.05) is 13.8 Å². The molecule has 138 valence electrons. The summed E-state index contributed by atoms with van der Waals surface area (Å²) in [6.45, 7) is 4.20. The van der Waals surface area contributed by atoms with Crippen LogP contribution in [0.4, 0.5) is 4.79 Å². The number of pyridine rings is 1. The molecule has 1 atom stereocenters. The van der Waals surface area contributed by atoms with Crippen LogP contribution in [0.2, 0.25) is 0 Å². The van der Waals surface area contributed by atoms with Crippen LogP contribution in [0.1, 0.15) is 37.0 Å². The quantitative estimate of drug-likeness (QED) is 0.578. The van der Waals surface area contributed by atoms with E-state index in [2.05, 4.69) is 10.6 Å². The second-order valence-electron chi connectivity index (χ2n) is 6.22. The van der Waals surface area contributed by atoms with Gasteiger partial charge in [0.25, 0.3) is 12.6 Å². The highest BCUT2D eigenvalue weighted by Crippen LogP contribution is 2.14. The lowest BCUT2D eigenvalue weighted by molar-refractivity contribution is -0.727. The maximum atomic E-state index is 11.8. The zero-order valence-electron chi connectivity index (χ0n) is 14.8. The molecule has 0 aromatic carbocycles. The number of ether oxygens (including phenoxy) is 1. The molecule has 1 aromatic heterocycles. The van der Waals surface area contributed by atoms with Crippen LogP contribution in [0.5, 0.6) is 0 Å². The van der Waals surface area contributed by atoms with Gasteiger partial charge in [0.1, 0.15) is 5.56 Å². The monoisotopic (exact) mass is 352 g/mol. The summed E-state index contributed by atoms with van der Waals surface area (Å²) in [6.07, 6.45) is 3.32. The number of hydrogen-bond donors (Lipinski definition) is 3. The van der Waals surface area contributed by atoms with Crippen LogP contribution in [0.25, 0.3) is 0 Å². The van der Waals surface area contributed by atoms with Gasteiger partial charge in [0.2, 0.25) is 0 Å². The van der Waals surface area contributed by atoms with Gasteiger partial charge in [0.15, 0.2) is 12.4 Å². The molecular formula is C17H26N3O5+. The molecule has 0 radical (unpaired) electrons. The maximum Gasteiger partial charge on any atom is 0.412 e. The molecule has 1 rings (SSSR count). The van der Waals surface area contributed by atoms with Crippen molar-refractivity contribution in [2.24, 2.45) is 11.8 Å². The van der Waals surface area contributed by atoms with Crippen molar-refractivity contribution in [3.8, 4) is 0 Å². The number of rotatable bonds is 9. The van der Waals surface area contributed by atoms with Gasteiger partial charge in [-0.3, -0.25) is 9.59 Å². The molecule has 0 spiro atoms. The smallest absolute Gasteiger partial charge is 0.412 e. The molecule has 0 fully saturated rings. The molecule has 0 saturated carbocycles. The Hall–Kier alpha value is -2.64. The molecule has 0 bridgehead atoms. The number of hydrogen-bond acceptors (Lipinski definition) is 4. The van der Waals surface area contributed by atoms with Crippen LogP contribution >= 0.6 is 0 Å². The van der Waals surface area contributed by atoms with Gasteiger partial charge in [0.05, 0.1) is 0 Å². The van der Waals surface area contributed by atoms with Gasteiger partial charge in [-0.05, 0) is 24.3 Å². The minimum absolute atomic E-state index is 0.00137. The van der Waals surface area contributed by atoms with Crippen LogP contribution in [0, 0.1) is 11.8 Å². The molecule has 1 unspecified atom stereocenters. The van der Waals surface area contributed by atoms with E-state index in [0.29, 0.717) is 17.9 Å². The minimum atomic E-state index is -0.887. The first kappa shape index (κ1) is 20.4. The lowest BCUT2D eigenvalue weighted by Gasteiger charge is -2.17. The second kappa shape index (κ2) is 10.3. The fourth-order valence-corrected chi connectivity index (χ4v) is 2.45. The first-order chi connectivity index (χ1) is 11.8. The van der Waals surface area contributed by atoms with E-state index in [4.69, 9.17) is 9.84 Å². The van der Waals surface area contributed by atoms with Crippen LogP contribution in [0.3, 0.4) is 0 Å². The van der Waals surface area contributed by atoms with Crippen LogP contribution in [-0.4, -0.2) is 36.7 Å². The SMILES string of the molecule is CNC(=O)c1ccc[n+](COC(=O)NCC(CC(=O)O)CC(C)C)c1. The minimum Gasteiger partial charge on any atom is -0.481 e. The average molecular weight is 352 g/mol. The van der Waals surface area contributed by atoms with Gasteiger partial charge in [-0.1, -0.05) is 13.8 Å². The number of nitrogens with one attached hydrogen (secondary N) is 2. The third kappa shape index (κ3) is 8.14. The summed E-state index contributed by atoms with van der Waals surface area (Å²) in [5, 5.41) is 14.0. The maximum absolute atomic E-state index is 11.8. The number of aliphatic carboxylic acids is 1. The summed E-state index contributed by atoms with van der Waals surface area (Å²) < 4.78 is 6.65. The number of carboxylic acids is 1. The summed E-state index contributed by atoms with van der Waals surface area (Å²) in [5.74, 6) is -0.925. The van der Waals surface area contributed by atoms with Gasteiger partial charge < -0.3 is 20.5 Å². The standard InChI is InChI=1S/C17H25N3O5/c1-12(2)7-13(8-15(21)22)9-19-17(24)25-11-20-6-4-5-14(10-20)16(23)18-3/h4-6,10,12-13H,7-9,11H2,1-3H3,(H2-,18,19,21,22,23,24)/p+1. The Balaban J connectivity index is 2.48. The van der Waals surface area contributed by atoms with Crippen LogP contribution in [0.15, 0.2) is 24.5 Å². The first-order valence-electron chi connectivity index (χ1n) is 8.15. The molecule has 3 N–H and O–H groups in total. The molecule has 1 aromatic rings. The van der Waals surface area contributed by atoms with Gasteiger partial charge in [-0.25, -0.2) is 4.79 Å². The third-order valence-corrected chi connectivity index (χ3v) is 3.50. The second-order valence-corrected chi connectivity index (χ2v) is 6.22. The highest BCUT2D eigenvalue weighted by Gasteiger charge is 2.17. The van der Waals surface area contributed by atoms with Crippen molar-refractivity contribution in [3.63, 3.8) is 0 Å². The molecule has 0 aliphatic heterocycles. The van der Waals surface area contributed by atoms with Crippen molar-refractivity contribution in [2.45, 2.75) is 33.4 Å². The molecular weight excluding hydrogens is 326 g/mol. The Bertz CT molecular complexity index is 604. The van der Waals surface area contributed by atoms with E-state index in [1.165, 1.54) is 7.05 Å². The van der Waals surface area contributed by atoms with Gasteiger partial charge in [-0.15, -0.1) is 0 Å². The van der Waals surface area contributed by atoms with Crippen molar-refractivity contribution in [3.05, 3.63) is 30.1 Å². The molecule has 1 heterocycles.